The van der Waals surface area contributed by atoms with Crippen LogP contribution >= 0.6 is 11.6 Å². The Morgan fingerprint density at radius 2 is 1.64 bits per heavy atom. The highest BCUT2D eigenvalue weighted by Gasteiger charge is 2.32. The number of nitrogens with one attached hydrogen (secondary N) is 1. The molecule has 1 saturated heterocycles. The number of carbonyl (C=O) groups is 2. The van der Waals surface area contributed by atoms with E-state index in [1.54, 1.807) is 4.90 Å². The monoisotopic (exact) mass is 466 g/mol. The number of hydrogen-bond donors (Lipinski definition) is 1. The first-order valence-electron chi connectivity index (χ1n) is 10.7. The zero-order valence-electron chi connectivity index (χ0n) is 18.0. The van der Waals surface area contributed by atoms with Gasteiger partial charge < -0.3 is 10.2 Å². The van der Waals surface area contributed by atoms with Crippen LogP contribution in [-0.2, 0) is 11.3 Å². The van der Waals surface area contributed by atoms with E-state index in [4.69, 9.17) is 11.6 Å². The van der Waals surface area contributed by atoms with Crippen molar-refractivity contribution in [3.63, 3.8) is 0 Å². The van der Waals surface area contributed by atoms with E-state index in [1.807, 2.05) is 60.7 Å². The standard InChI is InChI=1S/C25H24ClFN4O2/c26-23-21(15-20(27)17-28-23)25(33)31-13-11-30(12-14-31)22(19-9-5-2-6-10-19)24(32)29-16-18-7-3-1-4-8-18/h1-10,15,17,22H,11-14,16H2,(H,29,32)/t22-/m1/s1. The Kier molecular flexibility index (Phi) is 7.32. The van der Waals surface area contributed by atoms with E-state index < -0.39 is 11.9 Å². The van der Waals surface area contributed by atoms with Crippen molar-refractivity contribution >= 4 is 23.4 Å². The van der Waals surface area contributed by atoms with E-state index in [2.05, 4.69) is 15.2 Å². The second-order valence-electron chi connectivity index (χ2n) is 7.84. The Labute approximate surface area is 197 Å². The van der Waals surface area contributed by atoms with Gasteiger partial charge in [-0.25, -0.2) is 9.37 Å². The lowest BCUT2D eigenvalue weighted by Crippen LogP contribution is -2.52. The Hall–Kier alpha value is -3.29. The molecule has 0 bridgehead atoms. The van der Waals surface area contributed by atoms with E-state index in [-0.39, 0.29) is 22.5 Å². The van der Waals surface area contributed by atoms with Crippen molar-refractivity contribution in [2.75, 3.05) is 26.2 Å². The van der Waals surface area contributed by atoms with Gasteiger partial charge in [-0.1, -0.05) is 72.3 Å². The molecule has 6 nitrogen and oxygen atoms in total. The van der Waals surface area contributed by atoms with E-state index in [9.17, 15) is 14.0 Å². The average molecular weight is 467 g/mol. The van der Waals surface area contributed by atoms with E-state index in [1.165, 1.54) is 0 Å². The van der Waals surface area contributed by atoms with Crippen molar-refractivity contribution in [2.45, 2.75) is 12.6 Å². The molecule has 8 heteroatoms. The van der Waals surface area contributed by atoms with Crippen molar-refractivity contribution in [1.29, 1.82) is 0 Å². The maximum atomic E-state index is 13.6. The maximum Gasteiger partial charge on any atom is 0.257 e. The largest absolute Gasteiger partial charge is 0.350 e. The SMILES string of the molecule is O=C(NCc1ccccc1)[C@@H](c1ccccc1)N1CCN(C(=O)c2cc(F)cnc2Cl)CC1. The van der Waals surface area contributed by atoms with Crippen LogP contribution in [0, 0.1) is 5.82 Å². The fourth-order valence-corrected chi connectivity index (χ4v) is 4.16. The van der Waals surface area contributed by atoms with Gasteiger partial charge in [0.1, 0.15) is 17.0 Å². The number of benzene rings is 2. The van der Waals surface area contributed by atoms with Gasteiger partial charge in [0.25, 0.3) is 5.91 Å². The molecule has 0 aliphatic carbocycles. The summed E-state index contributed by atoms with van der Waals surface area (Å²) >= 11 is 6.01. The highest BCUT2D eigenvalue weighted by Crippen LogP contribution is 2.24. The van der Waals surface area contributed by atoms with E-state index >= 15 is 0 Å². The Morgan fingerprint density at radius 1 is 1.00 bits per heavy atom. The number of hydrogen-bond acceptors (Lipinski definition) is 4. The van der Waals surface area contributed by atoms with Gasteiger partial charge in [-0.05, 0) is 17.2 Å². The van der Waals surface area contributed by atoms with E-state index in [0.29, 0.717) is 32.7 Å². The van der Waals surface area contributed by atoms with Crippen LogP contribution in [-0.4, -0.2) is 52.8 Å². The smallest absolute Gasteiger partial charge is 0.257 e. The minimum absolute atomic E-state index is 0.0220. The molecule has 33 heavy (non-hydrogen) atoms. The molecule has 1 aromatic heterocycles. The fourth-order valence-electron chi connectivity index (χ4n) is 3.97. The molecule has 1 aliphatic rings. The second kappa shape index (κ2) is 10.6. The number of amides is 2. The summed E-state index contributed by atoms with van der Waals surface area (Å²) in [6.45, 7) is 2.20. The number of pyridine rings is 1. The summed E-state index contributed by atoms with van der Waals surface area (Å²) in [6, 6.07) is 20.0. The Balaban J connectivity index is 1.45. The number of aromatic nitrogens is 1. The van der Waals surface area contributed by atoms with Gasteiger partial charge in [0, 0.05) is 32.7 Å². The number of nitrogens with zero attached hydrogens (tertiary/aromatic N) is 3. The van der Waals surface area contributed by atoms with Gasteiger partial charge in [-0.15, -0.1) is 0 Å². The van der Waals surface area contributed by atoms with Gasteiger partial charge in [0.15, 0.2) is 0 Å². The lowest BCUT2D eigenvalue weighted by molar-refractivity contribution is -0.127. The fraction of sp³-hybridized carbons (Fsp3) is 0.240. The van der Waals surface area contributed by atoms with Crippen molar-refractivity contribution in [1.82, 2.24) is 20.1 Å². The van der Waals surface area contributed by atoms with Crippen molar-refractivity contribution in [3.05, 3.63) is 101 Å². The van der Waals surface area contributed by atoms with Gasteiger partial charge >= 0.3 is 0 Å². The van der Waals surface area contributed by atoms with Gasteiger partial charge in [-0.3, -0.25) is 14.5 Å². The predicted octanol–water partition coefficient (Wildman–Crippen LogP) is 3.69. The highest BCUT2D eigenvalue weighted by atomic mass is 35.5. The third-order valence-electron chi connectivity index (χ3n) is 5.68. The first-order valence-corrected chi connectivity index (χ1v) is 11.1. The van der Waals surface area contributed by atoms with Crippen LogP contribution < -0.4 is 5.32 Å². The second-order valence-corrected chi connectivity index (χ2v) is 8.19. The van der Waals surface area contributed by atoms with Crippen molar-refractivity contribution in [3.8, 4) is 0 Å². The maximum absolute atomic E-state index is 13.6. The van der Waals surface area contributed by atoms with Crippen LogP contribution in [0.3, 0.4) is 0 Å². The van der Waals surface area contributed by atoms with Gasteiger partial charge in [0.2, 0.25) is 5.91 Å². The van der Waals surface area contributed by atoms with Crippen LogP contribution in [0.1, 0.15) is 27.5 Å². The van der Waals surface area contributed by atoms with Gasteiger partial charge in [-0.2, -0.15) is 0 Å². The zero-order valence-corrected chi connectivity index (χ0v) is 18.7. The Bertz CT molecular complexity index is 1110. The summed E-state index contributed by atoms with van der Waals surface area (Å²) < 4.78 is 13.6. The zero-order chi connectivity index (χ0) is 23.2. The van der Waals surface area contributed by atoms with Crippen molar-refractivity contribution in [2.24, 2.45) is 0 Å². The first kappa shape index (κ1) is 22.9. The molecule has 0 saturated carbocycles. The summed E-state index contributed by atoms with van der Waals surface area (Å²) in [5.74, 6) is -1.07. The summed E-state index contributed by atoms with van der Waals surface area (Å²) in [4.78, 5) is 33.5. The molecule has 1 fully saturated rings. The molecule has 0 radical (unpaired) electrons. The first-order chi connectivity index (χ1) is 16.0. The summed E-state index contributed by atoms with van der Waals surface area (Å²) in [5, 5.41) is 3.02. The third kappa shape index (κ3) is 5.56. The van der Waals surface area contributed by atoms with E-state index in [0.717, 1.165) is 23.4 Å². The number of rotatable bonds is 6. The number of piperazine rings is 1. The Morgan fingerprint density at radius 3 is 2.30 bits per heavy atom. The van der Waals surface area contributed by atoms with Gasteiger partial charge in [0.05, 0.1) is 11.8 Å². The third-order valence-corrected chi connectivity index (χ3v) is 5.98. The van der Waals surface area contributed by atoms with Crippen LogP contribution in [0.4, 0.5) is 4.39 Å². The van der Waals surface area contributed by atoms with Crippen molar-refractivity contribution < 1.29 is 14.0 Å². The summed E-state index contributed by atoms with van der Waals surface area (Å²) in [5.41, 5.74) is 1.96. The minimum atomic E-state index is -0.611. The minimum Gasteiger partial charge on any atom is -0.350 e. The average Bonchev–Trinajstić information content (AvgIpc) is 2.86. The quantitative estimate of drug-likeness (QED) is 0.563. The van der Waals surface area contributed by atoms with Crippen LogP contribution in [0.25, 0.3) is 0 Å². The molecule has 2 amide bonds. The molecule has 2 heterocycles. The molecule has 1 atom stereocenters. The lowest BCUT2D eigenvalue weighted by atomic mass is 10.0. The summed E-state index contributed by atoms with van der Waals surface area (Å²) in [6.07, 6.45) is 0.982. The molecule has 170 valence electrons. The number of halogens is 2. The molecule has 0 unspecified atom stereocenters. The molecule has 3 aromatic rings. The molecule has 4 rings (SSSR count). The molecule has 0 spiro atoms. The lowest BCUT2D eigenvalue weighted by Gasteiger charge is -2.38. The predicted molar refractivity (Wildman–Crippen MR) is 124 cm³/mol. The molecular weight excluding hydrogens is 443 g/mol. The molecular formula is C25H24ClFN4O2. The van der Waals surface area contributed by atoms with Crippen LogP contribution in [0.2, 0.25) is 5.15 Å². The number of carbonyl (C=O) groups excluding carboxylic acids is 2. The molecule has 1 aliphatic heterocycles. The van der Waals surface area contributed by atoms with Crippen LogP contribution in [0.5, 0.6) is 0 Å². The van der Waals surface area contributed by atoms with Crippen LogP contribution in [0.15, 0.2) is 72.9 Å². The highest BCUT2D eigenvalue weighted by molar-refractivity contribution is 6.32. The molecule has 1 N–H and O–H groups in total. The normalized spacial score (nSPS) is 15.2. The molecule has 2 aromatic carbocycles. The summed E-state index contributed by atoms with van der Waals surface area (Å²) in [7, 11) is 0. The topological polar surface area (TPSA) is 65.5 Å².